The number of rotatable bonds is 3. The summed E-state index contributed by atoms with van der Waals surface area (Å²) in [5.41, 5.74) is 2.22. The van der Waals surface area contributed by atoms with Crippen molar-refractivity contribution in [1.82, 2.24) is 4.90 Å². The molecule has 1 aromatic rings. The molecular formula is C14H17NO2. The van der Waals surface area contributed by atoms with E-state index in [1.807, 2.05) is 37.3 Å². The number of hydrogen-bond donors (Lipinski definition) is 1. The van der Waals surface area contributed by atoms with Crippen LogP contribution in [0.2, 0.25) is 0 Å². The van der Waals surface area contributed by atoms with Gasteiger partial charge in [0.1, 0.15) is 0 Å². The van der Waals surface area contributed by atoms with Gasteiger partial charge < -0.3 is 10.0 Å². The predicted molar refractivity (Wildman–Crippen MR) is 67.4 cm³/mol. The lowest BCUT2D eigenvalue weighted by Gasteiger charge is -2.37. The molecule has 1 aromatic carbocycles. The van der Waals surface area contributed by atoms with Gasteiger partial charge in [-0.15, -0.1) is 0 Å². The Morgan fingerprint density at radius 2 is 2.29 bits per heavy atom. The number of amides is 1. The lowest BCUT2D eigenvalue weighted by atomic mass is 10.0. The maximum Gasteiger partial charge on any atom is 0.246 e. The maximum absolute atomic E-state index is 11.7. The summed E-state index contributed by atoms with van der Waals surface area (Å²) in [6, 6.07) is 8.02. The Hall–Kier alpha value is -1.61. The molecule has 1 N–H and O–H groups in total. The summed E-state index contributed by atoms with van der Waals surface area (Å²) in [4.78, 5) is 13.4. The van der Waals surface area contributed by atoms with Crippen LogP contribution in [0.3, 0.4) is 0 Å². The fourth-order valence-corrected chi connectivity index (χ4v) is 1.91. The summed E-state index contributed by atoms with van der Waals surface area (Å²) < 4.78 is 0. The van der Waals surface area contributed by atoms with Crippen molar-refractivity contribution in [1.29, 1.82) is 0 Å². The number of aryl methyl sites for hydroxylation is 1. The molecule has 0 saturated carbocycles. The molecule has 17 heavy (non-hydrogen) atoms. The van der Waals surface area contributed by atoms with Crippen LogP contribution < -0.4 is 0 Å². The molecular weight excluding hydrogens is 214 g/mol. The van der Waals surface area contributed by atoms with Gasteiger partial charge in [0.2, 0.25) is 5.91 Å². The monoisotopic (exact) mass is 231 g/mol. The normalized spacial score (nSPS) is 16.2. The first kappa shape index (κ1) is 11.9. The molecule has 3 heteroatoms. The number of benzene rings is 1. The lowest BCUT2D eigenvalue weighted by Crippen LogP contribution is -2.50. The molecule has 0 aliphatic carbocycles. The van der Waals surface area contributed by atoms with Crippen LogP contribution in [0.25, 0.3) is 6.08 Å². The summed E-state index contributed by atoms with van der Waals surface area (Å²) in [5, 5.41) is 8.87. The molecule has 1 heterocycles. The highest BCUT2D eigenvalue weighted by Crippen LogP contribution is 2.15. The van der Waals surface area contributed by atoms with Gasteiger partial charge in [-0.1, -0.05) is 29.8 Å². The first-order chi connectivity index (χ1) is 8.19. The summed E-state index contributed by atoms with van der Waals surface area (Å²) in [6.07, 6.45) is 3.43. The number of aliphatic hydroxyl groups excluding tert-OH is 1. The van der Waals surface area contributed by atoms with Crippen molar-refractivity contribution in [2.75, 3.05) is 19.7 Å². The molecule has 1 saturated heterocycles. The van der Waals surface area contributed by atoms with Crippen LogP contribution in [0.5, 0.6) is 0 Å². The highest BCUT2D eigenvalue weighted by molar-refractivity contribution is 5.92. The van der Waals surface area contributed by atoms with E-state index in [1.165, 1.54) is 5.56 Å². The molecule has 0 spiro atoms. The summed E-state index contributed by atoms with van der Waals surface area (Å²) in [5.74, 6) is 0.294. The second-order valence-corrected chi connectivity index (χ2v) is 4.54. The Morgan fingerprint density at radius 3 is 2.94 bits per heavy atom. The van der Waals surface area contributed by atoms with Crippen LogP contribution in [0, 0.1) is 12.8 Å². The predicted octanol–water partition coefficient (Wildman–Crippen LogP) is 1.46. The molecule has 3 nitrogen and oxygen atoms in total. The second-order valence-electron chi connectivity index (χ2n) is 4.54. The first-order valence-electron chi connectivity index (χ1n) is 5.83. The second kappa shape index (κ2) is 5.15. The minimum Gasteiger partial charge on any atom is -0.396 e. The molecule has 0 unspecified atom stereocenters. The summed E-state index contributed by atoms with van der Waals surface area (Å²) in [7, 11) is 0. The van der Waals surface area contributed by atoms with E-state index in [-0.39, 0.29) is 18.4 Å². The third kappa shape index (κ3) is 2.94. The van der Waals surface area contributed by atoms with E-state index in [0.717, 1.165) is 5.56 Å². The topological polar surface area (TPSA) is 40.5 Å². The molecule has 0 aromatic heterocycles. The molecule has 0 bridgehead atoms. The van der Waals surface area contributed by atoms with E-state index in [4.69, 9.17) is 5.11 Å². The van der Waals surface area contributed by atoms with Gasteiger partial charge in [0.25, 0.3) is 0 Å². The summed E-state index contributed by atoms with van der Waals surface area (Å²) in [6.45, 7) is 3.55. The number of carbonyl (C=O) groups is 1. The average Bonchev–Trinajstić information content (AvgIpc) is 2.25. The highest BCUT2D eigenvalue weighted by Gasteiger charge is 2.28. The van der Waals surface area contributed by atoms with E-state index in [2.05, 4.69) is 0 Å². The van der Waals surface area contributed by atoms with Gasteiger partial charge in [0.05, 0.1) is 0 Å². The van der Waals surface area contributed by atoms with E-state index < -0.39 is 0 Å². The average molecular weight is 231 g/mol. The van der Waals surface area contributed by atoms with Crippen LogP contribution in [0.4, 0.5) is 0 Å². The van der Waals surface area contributed by atoms with Crippen LogP contribution >= 0.6 is 0 Å². The summed E-state index contributed by atoms with van der Waals surface area (Å²) >= 11 is 0. The van der Waals surface area contributed by atoms with Crippen molar-refractivity contribution < 1.29 is 9.90 Å². The van der Waals surface area contributed by atoms with E-state index in [0.29, 0.717) is 13.1 Å². The van der Waals surface area contributed by atoms with Gasteiger partial charge in [-0.2, -0.15) is 0 Å². The fourth-order valence-electron chi connectivity index (χ4n) is 1.91. The fraction of sp³-hybridized carbons (Fsp3) is 0.357. The van der Waals surface area contributed by atoms with Crippen molar-refractivity contribution in [3.05, 3.63) is 41.5 Å². The Kier molecular flexibility index (Phi) is 3.59. The Morgan fingerprint density at radius 1 is 1.53 bits per heavy atom. The molecule has 1 aliphatic heterocycles. The quantitative estimate of drug-likeness (QED) is 0.800. The Balaban J connectivity index is 1.91. The van der Waals surface area contributed by atoms with Gasteiger partial charge in [0.15, 0.2) is 0 Å². The standard InChI is InChI=1S/C14H17NO2/c1-11-3-2-4-12(7-11)5-6-14(17)15-8-13(9-15)10-16/h2-7,13,16H,8-10H2,1H3. The molecule has 90 valence electrons. The zero-order valence-electron chi connectivity index (χ0n) is 9.97. The van der Waals surface area contributed by atoms with Gasteiger partial charge >= 0.3 is 0 Å². The molecule has 2 rings (SSSR count). The lowest BCUT2D eigenvalue weighted by molar-refractivity contribution is -0.132. The minimum atomic E-state index is 0.0243. The van der Waals surface area contributed by atoms with Crippen LogP contribution in [0.15, 0.2) is 30.3 Å². The number of nitrogens with zero attached hydrogens (tertiary/aromatic N) is 1. The molecule has 1 aliphatic rings. The van der Waals surface area contributed by atoms with Gasteiger partial charge in [-0.05, 0) is 18.6 Å². The number of carbonyl (C=O) groups excluding carboxylic acids is 1. The smallest absolute Gasteiger partial charge is 0.246 e. The van der Waals surface area contributed by atoms with Crippen LogP contribution in [-0.4, -0.2) is 35.6 Å². The largest absolute Gasteiger partial charge is 0.396 e. The van der Waals surface area contributed by atoms with Crippen molar-refractivity contribution in [2.45, 2.75) is 6.92 Å². The Bertz CT molecular complexity index is 434. The number of likely N-dealkylation sites (tertiary alicyclic amines) is 1. The van der Waals surface area contributed by atoms with Crippen molar-refractivity contribution in [3.63, 3.8) is 0 Å². The van der Waals surface area contributed by atoms with Crippen molar-refractivity contribution in [2.24, 2.45) is 5.92 Å². The van der Waals surface area contributed by atoms with Gasteiger partial charge in [0, 0.05) is 31.7 Å². The van der Waals surface area contributed by atoms with Gasteiger partial charge in [-0.25, -0.2) is 0 Å². The van der Waals surface area contributed by atoms with E-state index in [9.17, 15) is 4.79 Å². The SMILES string of the molecule is Cc1cccc(C=CC(=O)N2CC(CO)C2)c1. The molecule has 1 amide bonds. The zero-order chi connectivity index (χ0) is 12.3. The maximum atomic E-state index is 11.7. The zero-order valence-corrected chi connectivity index (χ0v) is 9.97. The minimum absolute atomic E-state index is 0.0243. The van der Waals surface area contributed by atoms with Gasteiger partial charge in [-0.3, -0.25) is 4.79 Å². The van der Waals surface area contributed by atoms with E-state index in [1.54, 1.807) is 11.0 Å². The van der Waals surface area contributed by atoms with Crippen molar-refractivity contribution >= 4 is 12.0 Å². The number of hydrogen-bond acceptors (Lipinski definition) is 2. The molecule has 0 atom stereocenters. The molecule has 1 fully saturated rings. The number of aliphatic hydroxyl groups is 1. The van der Waals surface area contributed by atoms with E-state index >= 15 is 0 Å². The van der Waals surface area contributed by atoms with Crippen LogP contribution in [0.1, 0.15) is 11.1 Å². The third-order valence-electron chi connectivity index (χ3n) is 2.99. The first-order valence-corrected chi connectivity index (χ1v) is 5.83. The molecule has 0 radical (unpaired) electrons. The highest BCUT2D eigenvalue weighted by atomic mass is 16.3. The van der Waals surface area contributed by atoms with Crippen LogP contribution in [-0.2, 0) is 4.79 Å². The Labute approximate surface area is 101 Å². The third-order valence-corrected chi connectivity index (χ3v) is 2.99. The van der Waals surface area contributed by atoms with Crippen molar-refractivity contribution in [3.8, 4) is 0 Å².